The molecule has 0 saturated carbocycles. The number of aryl methyl sites for hydroxylation is 1. The summed E-state index contributed by atoms with van der Waals surface area (Å²) in [5.41, 5.74) is 1.04. The number of nitrogens with zero attached hydrogens (tertiary/aromatic N) is 3. The molecule has 0 bridgehead atoms. The van der Waals surface area contributed by atoms with Crippen LogP contribution in [0.4, 0.5) is 0 Å². The molecule has 2 rings (SSSR count). The maximum atomic E-state index is 11.5. The Kier molecular flexibility index (Phi) is 3.48. The zero-order chi connectivity index (χ0) is 13.5. The van der Waals surface area contributed by atoms with Crippen LogP contribution in [0.15, 0.2) is 16.6 Å². The second-order valence-corrected chi connectivity index (χ2v) is 7.52. The molecule has 98 valence electrons. The first kappa shape index (κ1) is 13.5. The van der Waals surface area contributed by atoms with E-state index in [4.69, 9.17) is 10.7 Å². The lowest BCUT2D eigenvalue weighted by molar-refractivity contribution is 0.531. The van der Waals surface area contributed by atoms with Crippen molar-refractivity contribution in [1.29, 1.82) is 0 Å². The Bertz CT molecular complexity index is 673. The zero-order valence-electron chi connectivity index (χ0n) is 10.1. The summed E-state index contributed by atoms with van der Waals surface area (Å²) in [5, 5.41) is 9.40. The zero-order valence-corrected chi connectivity index (χ0v) is 12.5. The summed E-state index contributed by atoms with van der Waals surface area (Å²) in [7, 11) is 1.48. The van der Waals surface area contributed by atoms with Crippen LogP contribution < -0.4 is 0 Å². The number of halogens is 1. The lowest BCUT2D eigenvalue weighted by atomic mass is 10.2. The van der Waals surface area contributed by atoms with Gasteiger partial charge in [0.05, 0.1) is 4.88 Å². The second kappa shape index (κ2) is 4.64. The molecule has 5 nitrogen and oxygen atoms in total. The topological polar surface area (TPSA) is 64.8 Å². The highest BCUT2D eigenvalue weighted by atomic mass is 35.7. The fourth-order valence-electron chi connectivity index (χ4n) is 1.67. The number of thiophene rings is 1. The molecule has 0 aliphatic heterocycles. The fraction of sp³-hybridized carbons (Fsp3) is 0.400. The Balaban J connectivity index is 2.72. The minimum Gasteiger partial charge on any atom is -0.294 e. The minimum absolute atomic E-state index is 0.0972. The van der Waals surface area contributed by atoms with Crippen molar-refractivity contribution in [1.82, 2.24) is 14.8 Å². The van der Waals surface area contributed by atoms with Crippen molar-refractivity contribution in [2.45, 2.75) is 32.0 Å². The van der Waals surface area contributed by atoms with Crippen LogP contribution in [0.25, 0.3) is 10.7 Å². The average Bonchev–Trinajstić information content (AvgIpc) is 2.80. The maximum Gasteiger partial charge on any atom is 0.296 e. The Morgan fingerprint density at radius 1 is 1.39 bits per heavy atom. The molecule has 2 heterocycles. The third-order valence-corrected chi connectivity index (χ3v) is 4.61. The number of hydrogen-bond donors (Lipinski definition) is 0. The molecule has 2 aromatic heterocycles. The molecule has 0 spiro atoms. The highest BCUT2D eigenvalue weighted by Crippen LogP contribution is 2.31. The normalized spacial score (nSPS) is 12.3. The van der Waals surface area contributed by atoms with E-state index >= 15 is 0 Å². The molecule has 0 aromatic carbocycles. The third-order valence-electron chi connectivity index (χ3n) is 2.46. The maximum absolute atomic E-state index is 11.5. The molecule has 0 amide bonds. The van der Waals surface area contributed by atoms with Crippen molar-refractivity contribution in [3.05, 3.63) is 17.0 Å². The van der Waals surface area contributed by atoms with Gasteiger partial charge < -0.3 is 0 Å². The molecule has 0 N–H and O–H groups in total. The second-order valence-electron chi connectivity index (χ2n) is 4.14. The van der Waals surface area contributed by atoms with Gasteiger partial charge in [-0.3, -0.25) is 4.57 Å². The van der Waals surface area contributed by atoms with Crippen LogP contribution in [0, 0.1) is 6.92 Å². The summed E-state index contributed by atoms with van der Waals surface area (Å²) in [6.45, 7) is 5.67. The lowest BCUT2D eigenvalue weighted by Crippen LogP contribution is -2.10. The predicted octanol–water partition coefficient (Wildman–Crippen LogP) is 2.82. The molecule has 0 unspecified atom stereocenters. The Morgan fingerprint density at radius 2 is 2.06 bits per heavy atom. The number of rotatable bonds is 3. The molecule has 8 heteroatoms. The van der Waals surface area contributed by atoms with E-state index in [2.05, 4.69) is 10.2 Å². The van der Waals surface area contributed by atoms with Gasteiger partial charge in [0.25, 0.3) is 14.2 Å². The van der Waals surface area contributed by atoms with E-state index < -0.39 is 9.05 Å². The van der Waals surface area contributed by atoms with Gasteiger partial charge in [0.2, 0.25) is 0 Å². The number of aromatic nitrogens is 3. The van der Waals surface area contributed by atoms with Gasteiger partial charge in [-0.25, -0.2) is 8.42 Å². The summed E-state index contributed by atoms with van der Waals surface area (Å²) in [6, 6.07) is 1.86. The van der Waals surface area contributed by atoms with E-state index in [1.807, 2.05) is 32.2 Å². The van der Waals surface area contributed by atoms with Crippen LogP contribution in [0.3, 0.4) is 0 Å². The Labute approximate surface area is 114 Å². The van der Waals surface area contributed by atoms with Crippen molar-refractivity contribution in [2.75, 3.05) is 0 Å². The van der Waals surface area contributed by atoms with E-state index in [9.17, 15) is 8.42 Å². The van der Waals surface area contributed by atoms with Crippen LogP contribution in [-0.2, 0) is 9.05 Å². The van der Waals surface area contributed by atoms with Crippen molar-refractivity contribution in [3.8, 4) is 10.7 Å². The molecule has 0 aliphatic carbocycles. The SMILES string of the molecule is Cc1ccsc1-c1nnc(S(=O)(=O)Cl)n1C(C)C. The van der Waals surface area contributed by atoms with Crippen molar-refractivity contribution in [2.24, 2.45) is 0 Å². The van der Waals surface area contributed by atoms with Crippen molar-refractivity contribution in [3.63, 3.8) is 0 Å². The molecule has 0 radical (unpaired) electrons. The van der Waals surface area contributed by atoms with E-state index in [1.165, 1.54) is 11.3 Å². The molecular weight excluding hydrogens is 294 g/mol. The third kappa shape index (κ3) is 2.30. The largest absolute Gasteiger partial charge is 0.296 e. The van der Waals surface area contributed by atoms with E-state index in [0.29, 0.717) is 5.82 Å². The fourth-order valence-corrected chi connectivity index (χ4v) is 3.56. The standard InChI is InChI=1S/C10H12ClN3O2S2/c1-6(2)14-9(8-7(3)4-5-17-8)12-13-10(14)18(11,15)16/h4-6H,1-3H3. The molecule has 2 aromatic rings. The van der Waals surface area contributed by atoms with Gasteiger partial charge in [0, 0.05) is 16.7 Å². The van der Waals surface area contributed by atoms with Gasteiger partial charge in [-0.1, -0.05) is 0 Å². The van der Waals surface area contributed by atoms with Crippen molar-refractivity contribution >= 4 is 31.1 Å². The van der Waals surface area contributed by atoms with E-state index in [-0.39, 0.29) is 11.2 Å². The van der Waals surface area contributed by atoms with Gasteiger partial charge in [-0.15, -0.1) is 21.5 Å². The first-order valence-corrected chi connectivity index (χ1v) is 8.45. The summed E-state index contributed by atoms with van der Waals surface area (Å²) < 4.78 is 24.5. The van der Waals surface area contributed by atoms with Crippen LogP contribution in [0.2, 0.25) is 0 Å². The predicted molar refractivity (Wildman–Crippen MR) is 71.5 cm³/mol. The lowest BCUT2D eigenvalue weighted by Gasteiger charge is -2.11. The first-order chi connectivity index (χ1) is 8.32. The highest BCUT2D eigenvalue weighted by molar-refractivity contribution is 8.13. The molecule has 0 fully saturated rings. The molecule has 0 aliphatic rings. The first-order valence-electron chi connectivity index (χ1n) is 5.26. The van der Waals surface area contributed by atoms with Gasteiger partial charge in [-0.05, 0) is 37.8 Å². The molecule has 18 heavy (non-hydrogen) atoms. The van der Waals surface area contributed by atoms with Crippen molar-refractivity contribution < 1.29 is 8.42 Å². The summed E-state index contributed by atoms with van der Waals surface area (Å²) in [4.78, 5) is 0.905. The van der Waals surface area contributed by atoms with E-state index in [0.717, 1.165) is 10.4 Å². The monoisotopic (exact) mass is 305 g/mol. The van der Waals surface area contributed by atoms with Crippen LogP contribution in [0.5, 0.6) is 0 Å². The van der Waals surface area contributed by atoms with Crippen LogP contribution in [-0.4, -0.2) is 23.2 Å². The van der Waals surface area contributed by atoms with Crippen LogP contribution >= 0.6 is 22.0 Å². The highest BCUT2D eigenvalue weighted by Gasteiger charge is 2.25. The van der Waals surface area contributed by atoms with Gasteiger partial charge in [0.1, 0.15) is 0 Å². The Morgan fingerprint density at radius 3 is 2.50 bits per heavy atom. The van der Waals surface area contributed by atoms with E-state index in [1.54, 1.807) is 4.57 Å². The molecule has 0 saturated heterocycles. The minimum atomic E-state index is -3.90. The van der Waals surface area contributed by atoms with Crippen LogP contribution in [0.1, 0.15) is 25.5 Å². The average molecular weight is 306 g/mol. The van der Waals surface area contributed by atoms with Gasteiger partial charge in [0.15, 0.2) is 5.82 Å². The quantitative estimate of drug-likeness (QED) is 0.818. The summed E-state index contributed by atoms with van der Waals surface area (Å²) in [6.07, 6.45) is 0. The smallest absolute Gasteiger partial charge is 0.294 e. The summed E-state index contributed by atoms with van der Waals surface area (Å²) in [5.74, 6) is 0.539. The van der Waals surface area contributed by atoms with Gasteiger partial charge in [-0.2, -0.15) is 0 Å². The Hall–Kier alpha value is -0.920. The summed E-state index contributed by atoms with van der Waals surface area (Å²) >= 11 is 1.50. The van der Waals surface area contributed by atoms with Gasteiger partial charge >= 0.3 is 0 Å². The number of hydrogen-bond acceptors (Lipinski definition) is 5. The molecule has 0 atom stereocenters. The molecular formula is C10H12ClN3O2S2.